The van der Waals surface area contributed by atoms with Gasteiger partial charge < -0.3 is 15.4 Å². The van der Waals surface area contributed by atoms with Crippen LogP contribution < -0.4 is 15.4 Å². The molecule has 0 aliphatic rings. The van der Waals surface area contributed by atoms with Gasteiger partial charge in [-0.1, -0.05) is 18.2 Å². The number of halogens is 2. The van der Waals surface area contributed by atoms with E-state index in [0.29, 0.717) is 19.1 Å². The lowest BCUT2D eigenvalue weighted by Gasteiger charge is -2.13. The Morgan fingerprint density at radius 1 is 1.09 bits per heavy atom. The number of ether oxygens (including phenoxy) is 1. The summed E-state index contributed by atoms with van der Waals surface area (Å²) in [4.78, 5) is 4.02. The minimum absolute atomic E-state index is 0.142. The summed E-state index contributed by atoms with van der Waals surface area (Å²) < 4.78 is 32.2. The van der Waals surface area contributed by atoms with Gasteiger partial charge in [0.2, 0.25) is 0 Å². The molecule has 0 saturated carbocycles. The first kappa shape index (κ1) is 16.7. The fraction of sp³-hybridized carbons (Fsp3) is 0.235. The van der Waals surface area contributed by atoms with Gasteiger partial charge in [-0.05, 0) is 30.3 Å². The second-order valence-electron chi connectivity index (χ2n) is 4.75. The maximum Gasteiger partial charge on any atom is 0.191 e. The zero-order valence-electron chi connectivity index (χ0n) is 12.9. The van der Waals surface area contributed by atoms with Crippen molar-refractivity contribution in [3.8, 4) is 5.75 Å². The van der Waals surface area contributed by atoms with Gasteiger partial charge in [-0.2, -0.15) is 0 Å². The van der Waals surface area contributed by atoms with E-state index in [9.17, 15) is 8.78 Å². The minimum atomic E-state index is -0.470. The lowest BCUT2D eigenvalue weighted by atomic mass is 10.2. The molecule has 0 spiro atoms. The van der Waals surface area contributed by atoms with Crippen molar-refractivity contribution in [3.05, 3.63) is 65.7 Å². The lowest BCUT2D eigenvalue weighted by Crippen LogP contribution is -2.39. The Morgan fingerprint density at radius 3 is 2.61 bits per heavy atom. The molecule has 0 unspecified atom stereocenters. The summed E-state index contributed by atoms with van der Waals surface area (Å²) in [7, 11) is 1.61. The van der Waals surface area contributed by atoms with E-state index in [2.05, 4.69) is 15.6 Å². The molecule has 0 bridgehead atoms. The summed E-state index contributed by atoms with van der Waals surface area (Å²) in [5, 5.41) is 5.97. The zero-order chi connectivity index (χ0) is 16.5. The predicted octanol–water partition coefficient (Wildman–Crippen LogP) is 2.71. The largest absolute Gasteiger partial charge is 0.492 e. The molecular formula is C17H19F2N3O. The third-order valence-electron chi connectivity index (χ3n) is 3.08. The van der Waals surface area contributed by atoms with Crippen molar-refractivity contribution in [3.63, 3.8) is 0 Å². The van der Waals surface area contributed by atoms with Gasteiger partial charge in [-0.25, -0.2) is 8.78 Å². The van der Waals surface area contributed by atoms with Crippen molar-refractivity contribution in [1.29, 1.82) is 0 Å². The Kier molecular flexibility index (Phi) is 6.35. The SMILES string of the molecule is CN=C(NCCOc1ccccc1)NCc1cc(F)ccc1F. The van der Waals surface area contributed by atoms with Crippen LogP contribution in [-0.2, 0) is 6.54 Å². The Balaban J connectivity index is 1.74. The monoisotopic (exact) mass is 319 g/mol. The molecule has 23 heavy (non-hydrogen) atoms. The molecule has 6 heteroatoms. The van der Waals surface area contributed by atoms with E-state index in [0.717, 1.165) is 23.9 Å². The molecule has 0 saturated heterocycles. The molecule has 122 valence electrons. The van der Waals surface area contributed by atoms with Gasteiger partial charge in [-0.15, -0.1) is 0 Å². The number of nitrogens with one attached hydrogen (secondary N) is 2. The fourth-order valence-corrected chi connectivity index (χ4v) is 1.93. The molecule has 2 aromatic carbocycles. The first-order valence-electron chi connectivity index (χ1n) is 7.25. The standard InChI is InChI=1S/C17H19F2N3O/c1-20-17(21-9-10-23-15-5-3-2-4-6-15)22-12-13-11-14(18)7-8-16(13)19/h2-8,11H,9-10,12H2,1H3,(H2,20,21,22). The highest BCUT2D eigenvalue weighted by Gasteiger charge is 2.05. The number of rotatable bonds is 6. The van der Waals surface area contributed by atoms with Crippen LogP contribution in [0.5, 0.6) is 5.75 Å². The van der Waals surface area contributed by atoms with Gasteiger partial charge in [0.15, 0.2) is 5.96 Å². The van der Waals surface area contributed by atoms with Crippen LogP contribution in [0.25, 0.3) is 0 Å². The number of nitrogens with zero attached hydrogens (tertiary/aromatic N) is 1. The molecule has 4 nitrogen and oxygen atoms in total. The molecule has 0 radical (unpaired) electrons. The Morgan fingerprint density at radius 2 is 1.87 bits per heavy atom. The second kappa shape index (κ2) is 8.73. The molecule has 2 N–H and O–H groups in total. The van der Waals surface area contributed by atoms with Crippen molar-refractivity contribution < 1.29 is 13.5 Å². The van der Waals surface area contributed by atoms with Crippen molar-refractivity contribution in [2.45, 2.75) is 6.54 Å². The van der Waals surface area contributed by atoms with Crippen LogP contribution in [0.15, 0.2) is 53.5 Å². The van der Waals surface area contributed by atoms with Crippen LogP contribution in [0.3, 0.4) is 0 Å². The first-order valence-corrected chi connectivity index (χ1v) is 7.25. The summed E-state index contributed by atoms with van der Waals surface area (Å²) in [5.41, 5.74) is 0.244. The number of para-hydroxylation sites is 1. The van der Waals surface area contributed by atoms with Gasteiger partial charge in [0.25, 0.3) is 0 Å². The molecule has 0 aliphatic heterocycles. The number of benzene rings is 2. The van der Waals surface area contributed by atoms with E-state index < -0.39 is 11.6 Å². The minimum Gasteiger partial charge on any atom is -0.492 e. The summed E-state index contributed by atoms with van der Waals surface area (Å²) in [6, 6.07) is 12.8. The van der Waals surface area contributed by atoms with Crippen molar-refractivity contribution in [1.82, 2.24) is 10.6 Å². The predicted molar refractivity (Wildman–Crippen MR) is 86.5 cm³/mol. The molecule has 0 heterocycles. The second-order valence-corrected chi connectivity index (χ2v) is 4.75. The highest BCUT2D eigenvalue weighted by atomic mass is 19.1. The Hall–Kier alpha value is -2.63. The number of guanidine groups is 1. The van der Waals surface area contributed by atoms with Crippen molar-refractivity contribution in [2.24, 2.45) is 4.99 Å². The average Bonchev–Trinajstić information content (AvgIpc) is 2.58. The van der Waals surface area contributed by atoms with Gasteiger partial charge in [0, 0.05) is 19.2 Å². The molecular weight excluding hydrogens is 300 g/mol. The van der Waals surface area contributed by atoms with Gasteiger partial charge in [0.1, 0.15) is 24.0 Å². The van der Waals surface area contributed by atoms with E-state index in [-0.39, 0.29) is 12.1 Å². The van der Waals surface area contributed by atoms with Crippen LogP contribution in [0, 0.1) is 11.6 Å². The summed E-state index contributed by atoms with van der Waals surface area (Å²) in [5.74, 6) is 0.355. The van der Waals surface area contributed by atoms with Crippen LogP contribution in [-0.4, -0.2) is 26.2 Å². The molecule has 0 atom stereocenters. The summed E-state index contributed by atoms with van der Waals surface area (Å²) >= 11 is 0. The van der Waals surface area contributed by atoms with Gasteiger partial charge >= 0.3 is 0 Å². The number of hydrogen-bond acceptors (Lipinski definition) is 2. The quantitative estimate of drug-likeness (QED) is 0.489. The third-order valence-corrected chi connectivity index (χ3v) is 3.08. The van der Waals surface area contributed by atoms with Crippen LogP contribution in [0.1, 0.15) is 5.56 Å². The first-order chi connectivity index (χ1) is 11.2. The van der Waals surface area contributed by atoms with E-state index in [4.69, 9.17) is 4.74 Å². The molecule has 0 aromatic heterocycles. The topological polar surface area (TPSA) is 45.7 Å². The zero-order valence-corrected chi connectivity index (χ0v) is 12.9. The van der Waals surface area contributed by atoms with Crippen molar-refractivity contribution in [2.75, 3.05) is 20.2 Å². The maximum absolute atomic E-state index is 13.5. The maximum atomic E-state index is 13.5. The average molecular weight is 319 g/mol. The smallest absolute Gasteiger partial charge is 0.191 e. The molecule has 2 aromatic rings. The van der Waals surface area contributed by atoms with E-state index >= 15 is 0 Å². The van der Waals surface area contributed by atoms with Gasteiger partial charge in [0.05, 0.1) is 6.54 Å². The van der Waals surface area contributed by atoms with Crippen LogP contribution in [0.4, 0.5) is 8.78 Å². The molecule has 2 rings (SSSR count). The van der Waals surface area contributed by atoms with E-state index in [1.54, 1.807) is 7.05 Å². The van der Waals surface area contributed by atoms with E-state index in [1.807, 2.05) is 30.3 Å². The van der Waals surface area contributed by atoms with Crippen LogP contribution >= 0.6 is 0 Å². The Bertz CT molecular complexity index is 648. The third kappa shape index (κ3) is 5.58. The van der Waals surface area contributed by atoms with Crippen molar-refractivity contribution >= 4 is 5.96 Å². The molecule has 0 aliphatic carbocycles. The lowest BCUT2D eigenvalue weighted by molar-refractivity contribution is 0.322. The highest BCUT2D eigenvalue weighted by Crippen LogP contribution is 2.09. The highest BCUT2D eigenvalue weighted by molar-refractivity contribution is 5.79. The van der Waals surface area contributed by atoms with E-state index in [1.165, 1.54) is 0 Å². The molecule has 0 fully saturated rings. The number of hydrogen-bond donors (Lipinski definition) is 2. The Labute approximate surface area is 134 Å². The summed E-state index contributed by atoms with van der Waals surface area (Å²) in [6.07, 6.45) is 0. The van der Waals surface area contributed by atoms with Crippen LogP contribution in [0.2, 0.25) is 0 Å². The fourth-order valence-electron chi connectivity index (χ4n) is 1.93. The summed E-state index contributed by atoms with van der Waals surface area (Å²) in [6.45, 7) is 1.13. The van der Waals surface area contributed by atoms with Gasteiger partial charge in [-0.3, -0.25) is 4.99 Å². The number of aliphatic imine (C=N–C) groups is 1. The normalized spacial score (nSPS) is 11.2. The molecule has 0 amide bonds.